The zero-order valence-electron chi connectivity index (χ0n) is 14.6. The van der Waals surface area contributed by atoms with Crippen molar-refractivity contribution in [2.75, 3.05) is 7.11 Å². The van der Waals surface area contributed by atoms with Crippen molar-refractivity contribution in [2.24, 2.45) is 0 Å². The van der Waals surface area contributed by atoms with Gasteiger partial charge >= 0.3 is 0 Å². The maximum absolute atomic E-state index is 9.39. The minimum absolute atomic E-state index is 0.165. The lowest BCUT2D eigenvalue weighted by Gasteiger charge is -2.20. The van der Waals surface area contributed by atoms with Crippen molar-refractivity contribution in [2.45, 2.75) is 12.6 Å². The fourth-order valence-corrected chi connectivity index (χ4v) is 3.51. The average Bonchev–Trinajstić information content (AvgIpc) is 3.17. The second-order valence-electron chi connectivity index (χ2n) is 6.09. The molecule has 0 fully saturated rings. The van der Waals surface area contributed by atoms with Crippen molar-refractivity contribution >= 4 is 26.8 Å². The summed E-state index contributed by atoms with van der Waals surface area (Å²) in [5.74, 6) is 0.528. The molecule has 0 aliphatic carbocycles. The average molecular weight is 425 g/mol. The summed E-state index contributed by atoms with van der Waals surface area (Å²) in [7, 11) is 1.61. The fourth-order valence-electron chi connectivity index (χ4n) is 3.13. The Kier molecular flexibility index (Phi) is 4.87. The van der Waals surface area contributed by atoms with E-state index in [0.717, 1.165) is 26.5 Å². The monoisotopic (exact) mass is 424 g/mol. The van der Waals surface area contributed by atoms with Crippen molar-refractivity contribution in [1.82, 2.24) is 20.0 Å². The first-order chi connectivity index (χ1) is 13.2. The summed E-state index contributed by atoms with van der Waals surface area (Å²) in [5.41, 5.74) is 3.23. The first-order valence-electron chi connectivity index (χ1n) is 8.40. The maximum atomic E-state index is 9.39. The molecule has 7 heteroatoms. The van der Waals surface area contributed by atoms with Crippen LogP contribution in [0.4, 0.5) is 0 Å². The SMILES string of the molecule is COc1nc2ccc(Br)cc2cc1C(c1ccccc1)n1cc(CO)nn1. The van der Waals surface area contributed by atoms with Crippen molar-refractivity contribution in [1.29, 1.82) is 0 Å². The summed E-state index contributed by atoms with van der Waals surface area (Å²) in [6.07, 6.45) is 1.74. The summed E-state index contributed by atoms with van der Waals surface area (Å²) < 4.78 is 8.31. The van der Waals surface area contributed by atoms with E-state index < -0.39 is 0 Å². The molecule has 0 bridgehead atoms. The van der Waals surface area contributed by atoms with E-state index in [9.17, 15) is 5.11 Å². The molecule has 0 radical (unpaired) electrons. The molecule has 1 atom stereocenters. The molecule has 0 amide bonds. The van der Waals surface area contributed by atoms with Gasteiger partial charge < -0.3 is 9.84 Å². The highest BCUT2D eigenvalue weighted by atomic mass is 79.9. The second kappa shape index (κ2) is 7.46. The van der Waals surface area contributed by atoms with Crippen LogP contribution in [-0.2, 0) is 6.61 Å². The Morgan fingerprint density at radius 1 is 1.15 bits per heavy atom. The maximum Gasteiger partial charge on any atom is 0.219 e. The Bertz CT molecular complexity index is 1080. The van der Waals surface area contributed by atoms with Gasteiger partial charge in [0.2, 0.25) is 5.88 Å². The molecular weight excluding hydrogens is 408 g/mol. The molecule has 136 valence electrons. The predicted molar refractivity (Wildman–Crippen MR) is 106 cm³/mol. The third-order valence-corrected chi connectivity index (χ3v) is 4.85. The van der Waals surface area contributed by atoms with Crippen LogP contribution >= 0.6 is 15.9 Å². The number of nitrogens with zero attached hydrogens (tertiary/aromatic N) is 4. The van der Waals surface area contributed by atoms with E-state index in [0.29, 0.717) is 11.6 Å². The van der Waals surface area contributed by atoms with Crippen molar-refractivity contribution in [3.8, 4) is 5.88 Å². The van der Waals surface area contributed by atoms with Gasteiger partial charge in [-0.25, -0.2) is 9.67 Å². The molecule has 2 aromatic heterocycles. The number of pyridine rings is 1. The van der Waals surface area contributed by atoms with Gasteiger partial charge in [0, 0.05) is 15.4 Å². The van der Waals surface area contributed by atoms with Gasteiger partial charge in [0.1, 0.15) is 11.7 Å². The number of aliphatic hydroxyl groups is 1. The number of hydrogen-bond acceptors (Lipinski definition) is 5. The van der Waals surface area contributed by atoms with E-state index in [1.54, 1.807) is 18.0 Å². The van der Waals surface area contributed by atoms with Gasteiger partial charge in [-0.3, -0.25) is 0 Å². The highest BCUT2D eigenvalue weighted by molar-refractivity contribution is 9.10. The molecule has 4 rings (SSSR count). The van der Waals surface area contributed by atoms with Gasteiger partial charge in [-0.1, -0.05) is 51.5 Å². The molecule has 0 saturated heterocycles. The van der Waals surface area contributed by atoms with Gasteiger partial charge in [0.25, 0.3) is 0 Å². The quantitative estimate of drug-likeness (QED) is 0.528. The largest absolute Gasteiger partial charge is 0.481 e. The molecule has 2 aromatic carbocycles. The molecule has 27 heavy (non-hydrogen) atoms. The second-order valence-corrected chi connectivity index (χ2v) is 7.00. The Balaban J connectivity index is 1.96. The van der Waals surface area contributed by atoms with Crippen LogP contribution in [-0.4, -0.2) is 32.2 Å². The van der Waals surface area contributed by atoms with Crippen LogP contribution in [0, 0.1) is 0 Å². The van der Waals surface area contributed by atoms with E-state index in [4.69, 9.17) is 4.74 Å². The number of ether oxygens (including phenoxy) is 1. The van der Waals surface area contributed by atoms with Crippen LogP contribution in [0.2, 0.25) is 0 Å². The standard InChI is InChI=1S/C20H17BrN4O2/c1-27-20-17(10-14-9-15(21)7-8-18(14)22-20)19(13-5-3-2-4-6-13)25-11-16(12-26)23-24-25/h2-11,19,26H,12H2,1H3. The molecular formula is C20H17BrN4O2. The molecule has 0 aliphatic heterocycles. The highest BCUT2D eigenvalue weighted by Gasteiger charge is 2.23. The van der Waals surface area contributed by atoms with Crippen LogP contribution in [0.25, 0.3) is 10.9 Å². The number of fused-ring (bicyclic) bond motifs is 1. The van der Waals surface area contributed by atoms with Crippen LogP contribution in [0.5, 0.6) is 5.88 Å². The van der Waals surface area contributed by atoms with Crippen molar-refractivity contribution in [3.63, 3.8) is 0 Å². The minimum atomic E-state index is -0.287. The first kappa shape index (κ1) is 17.6. The molecule has 0 spiro atoms. The molecule has 1 unspecified atom stereocenters. The topological polar surface area (TPSA) is 73.1 Å². The lowest BCUT2D eigenvalue weighted by atomic mass is 9.98. The third kappa shape index (κ3) is 3.43. The van der Waals surface area contributed by atoms with Gasteiger partial charge in [0.05, 0.1) is 25.4 Å². The summed E-state index contributed by atoms with van der Waals surface area (Å²) in [5, 5.41) is 18.6. The Morgan fingerprint density at radius 2 is 1.96 bits per heavy atom. The van der Waals surface area contributed by atoms with Crippen LogP contribution in [0.3, 0.4) is 0 Å². The number of methoxy groups -OCH3 is 1. The summed E-state index contributed by atoms with van der Waals surface area (Å²) in [4.78, 5) is 4.68. The Labute approximate surface area is 164 Å². The molecule has 0 saturated carbocycles. The van der Waals surface area contributed by atoms with E-state index in [-0.39, 0.29) is 12.6 Å². The normalized spacial score (nSPS) is 12.3. The molecule has 1 N–H and O–H groups in total. The van der Waals surface area contributed by atoms with Crippen molar-refractivity contribution in [3.05, 3.63) is 82.1 Å². The molecule has 6 nitrogen and oxygen atoms in total. The van der Waals surface area contributed by atoms with Crippen LogP contribution in [0.15, 0.2) is 65.3 Å². The lowest BCUT2D eigenvalue weighted by Crippen LogP contribution is -2.15. The van der Waals surface area contributed by atoms with E-state index in [1.165, 1.54) is 0 Å². The lowest BCUT2D eigenvalue weighted by molar-refractivity contribution is 0.276. The van der Waals surface area contributed by atoms with Gasteiger partial charge in [0.15, 0.2) is 0 Å². The molecule has 2 heterocycles. The number of rotatable bonds is 5. The van der Waals surface area contributed by atoms with Gasteiger partial charge in [-0.15, -0.1) is 5.10 Å². The smallest absolute Gasteiger partial charge is 0.219 e. The van der Waals surface area contributed by atoms with Crippen molar-refractivity contribution < 1.29 is 9.84 Å². The zero-order chi connectivity index (χ0) is 18.8. The molecule has 0 aliphatic rings. The van der Waals surface area contributed by atoms with E-state index >= 15 is 0 Å². The van der Waals surface area contributed by atoms with Crippen LogP contribution in [0.1, 0.15) is 22.9 Å². The summed E-state index contributed by atoms with van der Waals surface area (Å²) >= 11 is 3.52. The first-order valence-corrected chi connectivity index (χ1v) is 9.19. The number of benzene rings is 2. The zero-order valence-corrected chi connectivity index (χ0v) is 16.2. The van der Waals surface area contributed by atoms with Crippen LogP contribution < -0.4 is 4.74 Å². The Hall–Kier alpha value is -2.77. The molecule has 4 aromatic rings. The van der Waals surface area contributed by atoms with E-state index in [2.05, 4.69) is 37.3 Å². The number of halogens is 1. The number of aliphatic hydroxyl groups excluding tert-OH is 1. The fraction of sp³-hybridized carbons (Fsp3) is 0.150. The third-order valence-electron chi connectivity index (χ3n) is 4.36. The van der Waals surface area contributed by atoms with Gasteiger partial charge in [-0.05, 0) is 29.8 Å². The van der Waals surface area contributed by atoms with Gasteiger partial charge in [-0.2, -0.15) is 0 Å². The summed E-state index contributed by atoms with van der Waals surface area (Å²) in [6.45, 7) is -0.165. The number of hydrogen-bond donors (Lipinski definition) is 1. The Morgan fingerprint density at radius 3 is 2.67 bits per heavy atom. The highest BCUT2D eigenvalue weighted by Crippen LogP contribution is 2.34. The predicted octanol–water partition coefficient (Wildman–Crippen LogP) is 3.73. The van der Waals surface area contributed by atoms with E-state index in [1.807, 2.05) is 48.5 Å². The minimum Gasteiger partial charge on any atom is -0.481 e. The number of aromatic nitrogens is 4. The summed E-state index contributed by atoms with van der Waals surface area (Å²) in [6, 6.07) is 17.7.